The Morgan fingerprint density at radius 3 is 2.07 bits per heavy atom. The van der Waals surface area contributed by atoms with Crippen LogP contribution in [0.15, 0.2) is 65.7 Å². The van der Waals surface area contributed by atoms with Crippen LogP contribution in [0.5, 0.6) is 0 Å². The van der Waals surface area contributed by atoms with Gasteiger partial charge in [-0.25, -0.2) is 13.6 Å². The molecule has 28 heavy (non-hydrogen) atoms. The fourth-order valence-electron chi connectivity index (χ4n) is 3.19. The Kier molecular flexibility index (Phi) is 6.55. The van der Waals surface area contributed by atoms with E-state index >= 15 is 0 Å². The number of ether oxygens (including phenoxy) is 1. The highest BCUT2D eigenvalue weighted by Crippen LogP contribution is 2.41. The lowest BCUT2D eigenvalue weighted by Crippen LogP contribution is -2.32. The lowest BCUT2D eigenvalue weighted by molar-refractivity contribution is -0.147. The number of hydrogen-bond donors (Lipinski definition) is 0. The molecule has 3 nitrogen and oxygen atoms in total. The van der Waals surface area contributed by atoms with Crippen LogP contribution in [0.3, 0.4) is 0 Å². The van der Waals surface area contributed by atoms with Crippen LogP contribution in [0.25, 0.3) is 0 Å². The molecule has 0 bridgehead atoms. The first kappa shape index (κ1) is 20.2. The highest BCUT2D eigenvalue weighted by Gasteiger charge is 2.41. The Labute approximate surface area is 164 Å². The highest BCUT2D eigenvalue weighted by molar-refractivity contribution is 6.13. The van der Waals surface area contributed by atoms with E-state index in [1.54, 1.807) is 6.92 Å². The first-order valence-electron chi connectivity index (χ1n) is 9.71. The van der Waals surface area contributed by atoms with Crippen LogP contribution in [-0.2, 0) is 9.53 Å². The van der Waals surface area contributed by atoms with E-state index in [2.05, 4.69) is 4.99 Å². The standard InChI is InChI=1S/C23H25F2NO2/c1-2-28-22(27)20(16-23(24,25)15-17-13-14-17)26-21(18-9-5-3-6-10-18)19-11-7-4-8-12-19/h3-12,17,20H,2,13-16H2,1H3/t20-/m1/s1. The molecule has 2 aromatic carbocycles. The van der Waals surface area contributed by atoms with Gasteiger partial charge in [0, 0.05) is 24.0 Å². The smallest absolute Gasteiger partial charge is 0.331 e. The van der Waals surface area contributed by atoms with Crippen molar-refractivity contribution >= 4 is 11.7 Å². The van der Waals surface area contributed by atoms with Crippen molar-refractivity contribution in [3.8, 4) is 0 Å². The topological polar surface area (TPSA) is 38.7 Å². The number of rotatable bonds is 9. The number of hydrogen-bond acceptors (Lipinski definition) is 3. The third-order valence-corrected chi connectivity index (χ3v) is 4.71. The molecule has 0 spiro atoms. The SMILES string of the molecule is CCOC(=O)[C@@H](CC(F)(F)CC1CC1)N=C(c1ccccc1)c1ccccc1. The Morgan fingerprint density at radius 2 is 1.61 bits per heavy atom. The van der Waals surface area contributed by atoms with E-state index in [9.17, 15) is 13.6 Å². The summed E-state index contributed by atoms with van der Waals surface area (Å²) in [7, 11) is 0. The van der Waals surface area contributed by atoms with Crippen LogP contribution in [0.4, 0.5) is 8.78 Å². The zero-order valence-corrected chi connectivity index (χ0v) is 16.0. The minimum absolute atomic E-state index is 0.0598. The summed E-state index contributed by atoms with van der Waals surface area (Å²) in [5, 5.41) is 0. The molecule has 1 aliphatic carbocycles. The van der Waals surface area contributed by atoms with E-state index < -0.39 is 24.4 Å². The van der Waals surface area contributed by atoms with Crippen molar-refractivity contribution in [2.24, 2.45) is 10.9 Å². The normalized spacial score (nSPS) is 15.0. The second-order valence-corrected chi connectivity index (χ2v) is 7.19. The summed E-state index contributed by atoms with van der Waals surface area (Å²) >= 11 is 0. The van der Waals surface area contributed by atoms with Gasteiger partial charge >= 0.3 is 5.97 Å². The van der Waals surface area contributed by atoms with Gasteiger partial charge in [-0.2, -0.15) is 0 Å². The molecule has 0 aliphatic heterocycles. The largest absolute Gasteiger partial charge is 0.464 e. The lowest BCUT2D eigenvalue weighted by Gasteiger charge is -2.21. The van der Waals surface area contributed by atoms with Crippen LogP contribution in [0, 0.1) is 5.92 Å². The Bertz CT molecular complexity index is 760. The minimum atomic E-state index is -2.94. The molecule has 2 aromatic rings. The summed E-state index contributed by atoms with van der Waals surface area (Å²) < 4.78 is 34.2. The van der Waals surface area contributed by atoms with Crippen molar-refractivity contribution in [3.63, 3.8) is 0 Å². The van der Waals surface area contributed by atoms with Gasteiger partial charge in [0.2, 0.25) is 0 Å². The van der Waals surface area contributed by atoms with Crippen LogP contribution >= 0.6 is 0 Å². The van der Waals surface area contributed by atoms with Gasteiger partial charge in [0.25, 0.3) is 5.92 Å². The van der Waals surface area contributed by atoms with E-state index in [0.717, 1.165) is 24.0 Å². The molecule has 0 unspecified atom stereocenters. The van der Waals surface area contributed by atoms with Crippen molar-refractivity contribution in [2.45, 2.75) is 44.6 Å². The second-order valence-electron chi connectivity index (χ2n) is 7.19. The molecule has 0 N–H and O–H groups in total. The number of carbonyl (C=O) groups excluding carboxylic acids is 1. The first-order chi connectivity index (χ1) is 13.5. The Balaban J connectivity index is 1.96. The summed E-state index contributed by atoms with van der Waals surface area (Å²) in [4.78, 5) is 17.0. The predicted octanol–water partition coefficient (Wildman–Crippen LogP) is 5.28. The van der Waals surface area contributed by atoms with Gasteiger partial charge in [0.1, 0.15) is 0 Å². The monoisotopic (exact) mass is 385 g/mol. The van der Waals surface area contributed by atoms with Crippen molar-refractivity contribution in [1.82, 2.24) is 0 Å². The third kappa shape index (κ3) is 5.72. The van der Waals surface area contributed by atoms with Gasteiger partial charge in [0.05, 0.1) is 12.3 Å². The van der Waals surface area contributed by atoms with Crippen LogP contribution in [0.2, 0.25) is 0 Å². The van der Waals surface area contributed by atoms with Crippen molar-refractivity contribution in [2.75, 3.05) is 6.61 Å². The van der Waals surface area contributed by atoms with Crippen molar-refractivity contribution in [3.05, 3.63) is 71.8 Å². The molecule has 148 valence electrons. The number of esters is 1. The number of halogens is 2. The van der Waals surface area contributed by atoms with Gasteiger partial charge < -0.3 is 4.74 Å². The summed E-state index contributed by atoms with van der Waals surface area (Å²) in [6.07, 6.45) is 0.848. The fourth-order valence-corrected chi connectivity index (χ4v) is 3.19. The lowest BCUT2D eigenvalue weighted by atomic mass is 10.00. The molecule has 0 radical (unpaired) electrons. The average molecular weight is 385 g/mol. The second kappa shape index (κ2) is 9.09. The molecule has 1 fully saturated rings. The number of benzene rings is 2. The summed E-state index contributed by atoms with van der Waals surface area (Å²) in [5.74, 6) is -3.59. The van der Waals surface area contributed by atoms with Crippen LogP contribution in [-0.4, -0.2) is 30.3 Å². The average Bonchev–Trinajstić information content (AvgIpc) is 3.49. The summed E-state index contributed by atoms with van der Waals surface area (Å²) in [6, 6.07) is 17.4. The highest BCUT2D eigenvalue weighted by atomic mass is 19.3. The molecule has 0 amide bonds. The molecule has 5 heteroatoms. The zero-order valence-electron chi connectivity index (χ0n) is 16.0. The number of nitrogens with zero attached hydrogens (tertiary/aromatic N) is 1. The molecule has 1 atom stereocenters. The van der Waals surface area contributed by atoms with Gasteiger partial charge in [-0.1, -0.05) is 60.7 Å². The van der Waals surface area contributed by atoms with Gasteiger partial charge in [-0.3, -0.25) is 4.99 Å². The first-order valence-corrected chi connectivity index (χ1v) is 9.71. The summed E-state index contributed by atoms with van der Waals surface area (Å²) in [5.41, 5.74) is 2.06. The Morgan fingerprint density at radius 1 is 1.07 bits per heavy atom. The van der Waals surface area contributed by atoms with Gasteiger partial charge in [0.15, 0.2) is 6.04 Å². The minimum Gasteiger partial charge on any atom is -0.464 e. The van der Waals surface area contributed by atoms with E-state index in [1.165, 1.54) is 0 Å². The number of aliphatic imine (C=N–C) groups is 1. The molecule has 1 saturated carbocycles. The number of alkyl halides is 2. The summed E-state index contributed by atoms with van der Waals surface area (Å²) in [6.45, 7) is 1.79. The fraction of sp³-hybridized carbons (Fsp3) is 0.391. The van der Waals surface area contributed by atoms with Crippen molar-refractivity contribution in [1.29, 1.82) is 0 Å². The Hall–Kier alpha value is -2.56. The maximum atomic E-state index is 14.5. The van der Waals surface area contributed by atoms with Crippen LogP contribution < -0.4 is 0 Å². The van der Waals surface area contributed by atoms with E-state index in [-0.39, 0.29) is 18.9 Å². The molecule has 0 aromatic heterocycles. The van der Waals surface area contributed by atoms with Gasteiger partial charge in [-0.05, 0) is 25.7 Å². The van der Waals surface area contributed by atoms with Crippen molar-refractivity contribution < 1.29 is 18.3 Å². The van der Waals surface area contributed by atoms with E-state index in [0.29, 0.717) is 5.71 Å². The van der Waals surface area contributed by atoms with E-state index in [1.807, 2.05) is 60.7 Å². The molecule has 0 heterocycles. The zero-order chi connectivity index (χ0) is 20.0. The molecule has 0 saturated heterocycles. The van der Waals surface area contributed by atoms with Gasteiger partial charge in [-0.15, -0.1) is 0 Å². The van der Waals surface area contributed by atoms with Crippen LogP contribution in [0.1, 0.15) is 43.7 Å². The third-order valence-electron chi connectivity index (χ3n) is 4.71. The molecule has 3 rings (SSSR count). The maximum Gasteiger partial charge on any atom is 0.331 e. The van der Waals surface area contributed by atoms with E-state index in [4.69, 9.17) is 4.74 Å². The predicted molar refractivity (Wildman–Crippen MR) is 106 cm³/mol. The maximum absolute atomic E-state index is 14.5. The molecular formula is C23H25F2NO2. The number of carbonyl (C=O) groups is 1. The molecule has 1 aliphatic rings. The molecular weight excluding hydrogens is 360 g/mol. The quantitative estimate of drug-likeness (QED) is 0.435.